The Labute approximate surface area is 167 Å². The van der Waals surface area contributed by atoms with Gasteiger partial charge in [-0.25, -0.2) is 0 Å². The van der Waals surface area contributed by atoms with Crippen molar-refractivity contribution in [2.24, 2.45) is 0 Å². The predicted molar refractivity (Wildman–Crippen MR) is 99.1 cm³/mol. The minimum absolute atomic E-state index is 0. The second kappa shape index (κ2) is 10.7. The average molecular weight is 374 g/mol. The Morgan fingerprint density at radius 2 is 1.80 bits per heavy atom. The molecule has 0 spiro atoms. The third-order valence-corrected chi connectivity index (χ3v) is 4.71. The maximum Gasteiger partial charge on any atom is 1.00 e. The van der Waals surface area contributed by atoms with Crippen LogP contribution in [0.15, 0.2) is 36.4 Å². The van der Waals surface area contributed by atoms with Gasteiger partial charge in [-0.05, 0) is 46.7 Å². The smallest absolute Gasteiger partial charge is 0.496 e. The van der Waals surface area contributed by atoms with Crippen molar-refractivity contribution in [3.05, 3.63) is 47.0 Å². The standard InChI is InChI=1S/C18H20ClO4P.Li/c1-4-22-12-9-10-16(15(11-12)23-5-2)24-18(20)17-13(19)7-6-8-14(17)21-3;/h6-11,24H,4-5H2,1-3H3;/q;+1. The van der Waals surface area contributed by atoms with Crippen molar-refractivity contribution in [3.8, 4) is 17.2 Å². The molecule has 1 unspecified atom stereocenters. The molecule has 0 aliphatic rings. The molecule has 0 aromatic heterocycles. The molecule has 4 nitrogen and oxygen atoms in total. The van der Waals surface area contributed by atoms with E-state index < -0.39 is 0 Å². The number of methoxy groups -OCH3 is 1. The van der Waals surface area contributed by atoms with Crippen LogP contribution in [-0.2, 0) is 0 Å². The monoisotopic (exact) mass is 373 g/mol. The Hall–Kier alpha value is -1.17. The van der Waals surface area contributed by atoms with Crippen LogP contribution in [0.25, 0.3) is 0 Å². The number of hydrogen-bond donors (Lipinski definition) is 0. The number of hydrogen-bond acceptors (Lipinski definition) is 4. The zero-order valence-corrected chi connectivity index (χ0v) is 16.6. The van der Waals surface area contributed by atoms with Gasteiger partial charge in [0.2, 0.25) is 0 Å². The SMILES string of the molecule is CCOc1ccc(PC(=O)c2c(Cl)cccc2OC)c(OCC)c1.[Li+]. The molecule has 25 heavy (non-hydrogen) atoms. The molecule has 0 aliphatic heterocycles. The Morgan fingerprint density at radius 3 is 2.44 bits per heavy atom. The van der Waals surface area contributed by atoms with E-state index in [1.165, 1.54) is 7.11 Å². The molecule has 0 amide bonds. The van der Waals surface area contributed by atoms with Crippen molar-refractivity contribution in [1.82, 2.24) is 0 Å². The van der Waals surface area contributed by atoms with E-state index in [1.807, 2.05) is 32.0 Å². The van der Waals surface area contributed by atoms with E-state index in [2.05, 4.69) is 0 Å². The summed E-state index contributed by atoms with van der Waals surface area (Å²) in [6.45, 7) is 4.90. The molecule has 2 rings (SSSR count). The maximum absolute atomic E-state index is 12.7. The number of halogens is 1. The van der Waals surface area contributed by atoms with Gasteiger partial charge >= 0.3 is 18.9 Å². The first-order valence-electron chi connectivity index (χ1n) is 7.64. The molecule has 0 saturated carbocycles. The third-order valence-electron chi connectivity index (χ3n) is 3.23. The molecule has 1 atom stereocenters. The van der Waals surface area contributed by atoms with Crippen molar-refractivity contribution in [2.75, 3.05) is 20.3 Å². The van der Waals surface area contributed by atoms with Gasteiger partial charge in [0.05, 0.1) is 30.9 Å². The Morgan fingerprint density at radius 1 is 1.08 bits per heavy atom. The van der Waals surface area contributed by atoms with Crippen LogP contribution in [0.3, 0.4) is 0 Å². The first kappa shape index (κ1) is 21.9. The second-order valence-electron chi connectivity index (χ2n) is 4.80. The first-order chi connectivity index (χ1) is 11.6. The largest absolute Gasteiger partial charge is 1.00 e. The summed E-state index contributed by atoms with van der Waals surface area (Å²) in [5.41, 5.74) is 0.305. The van der Waals surface area contributed by atoms with Gasteiger partial charge in [-0.3, -0.25) is 4.79 Å². The van der Waals surface area contributed by atoms with Crippen LogP contribution in [0, 0.1) is 0 Å². The molecule has 0 saturated heterocycles. The van der Waals surface area contributed by atoms with Gasteiger partial charge in [-0.15, -0.1) is 0 Å². The summed E-state index contributed by atoms with van der Waals surface area (Å²) in [4.78, 5) is 12.7. The number of carbonyl (C=O) groups is 1. The minimum Gasteiger partial charge on any atom is -0.496 e. The van der Waals surface area contributed by atoms with Crippen LogP contribution < -0.4 is 38.4 Å². The van der Waals surface area contributed by atoms with E-state index in [1.54, 1.807) is 18.2 Å². The van der Waals surface area contributed by atoms with Gasteiger partial charge in [0.15, 0.2) is 5.52 Å². The molecule has 7 heteroatoms. The van der Waals surface area contributed by atoms with Gasteiger partial charge < -0.3 is 14.2 Å². The third kappa shape index (κ3) is 5.66. The van der Waals surface area contributed by atoms with Crippen LogP contribution in [0.5, 0.6) is 17.2 Å². The summed E-state index contributed by atoms with van der Waals surface area (Å²) in [7, 11) is 1.40. The quantitative estimate of drug-likeness (QED) is 0.517. The molecular weight excluding hydrogens is 354 g/mol. The van der Waals surface area contributed by atoms with Gasteiger partial charge in [-0.1, -0.05) is 17.7 Å². The molecular formula is C18H20ClLiO4P+. The number of benzene rings is 2. The van der Waals surface area contributed by atoms with E-state index in [0.717, 1.165) is 11.1 Å². The molecule has 2 aromatic rings. The Bertz CT molecular complexity index is 724. The predicted octanol–water partition coefficient (Wildman–Crippen LogP) is 1.29. The van der Waals surface area contributed by atoms with Gasteiger partial charge in [0.25, 0.3) is 0 Å². The van der Waals surface area contributed by atoms with E-state index in [4.69, 9.17) is 25.8 Å². The molecule has 0 aliphatic carbocycles. The summed E-state index contributed by atoms with van der Waals surface area (Å²) in [6, 6.07) is 10.7. The normalized spacial score (nSPS) is 10.4. The fourth-order valence-electron chi connectivity index (χ4n) is 2.22. The molecule has 0 bridgehead atoms. The molecule has 128 valence electrons. The van der Waals surface area contributed by atoms with Crippen LogP contribution in [-0.4, -0.2) is 25.8 Å². The van der Waals surface area contributed by atoms with Crippen LogP contribution in [0.1, 0.15) is 24.2 Å². The van der Waals surface area contributed by atoms with Crippen LogP contribution in [0.2, 0.25) is 5.02 Å². The fourth-order valence-corrected chi connectivity index (χ4v) is 3.61. The topological polar surface area (TPSA) is 44.8 Å². The maximum atomic E-state index is 12.7. The number of rotatable bonds is 8. The molecule has 2 aromatic carbocycles. The van der Waals surface area contributed by atoms with E-state index in [0.29, 0.717) is 35.3 Å². The minimum atomic E-state index is -0.125. The Kier molecular flexibility index (Phi) is 9.39. The van der Waals surface area contributed by atoms with E-state index in [-0.39, 0.29) is 33.0 Å². The summed E-state index contributed by atoms with van der Waals surface area (Å²) in [5.74, 6) is 1.85. The first-order valence-corrected chi connectivity index (χ1v) is 9.02. The summed E-state index contributed by atoms with van der Waals surface area (Å²) in [5, 5.41) is 1.20. The molecule has 0 fully saturated rings. The molecule has 0 heterocycles. The molecule has 0 N–H and O–H groups in total. The molecule has 0 radical (unpaired) electrons. The van der Waals surface area contributed by atoms with Gasteiger partial charge in [-0.2, -0.15) is 0 Å². The van der Waals surface area contributed by atoms with E-state index >= 15 is 0 Å². The van der Waals surface area contributed by atoms with Crippen LogP contribution in [0.4, 0.5) is 0 Å². The van der Waals surface area contributed by atoms with E-state index in [9.17, 15) is 4.79 Å². The van der Waals surface area contributed by atoms with Crippen molar-refractivity contribution >= 4 is 31.0 Å². The zero-order chi connectivity index (χ0) is 17.5. The number of ether oxygens (including phenoxy) is 3. The number of carbonyl (C=O) groups excluding carboxylic acids is 1. The Balaban J connectivity index is 0.00000312. The second-order valence-corrected chi connectivity index (χ2v) is 6.45. The van der Waals surface area contributed by atoms with Crippen molar-refractivity contribution in [2.45, 2.75) is 13.8 Å². The summed E-state index contributed by atoms with van der Waals surface area (Å²) >= 11 is 6.19. The van der Waals surface area contributed by atoms with Crippen molar-refractivity contribution in [1.29, 1.82) is 0 Å². The summed E-state index contributed by atoms with van der Waals surface area (Å²) < 4.78 is 16.4. The van der Waals surface area contributed by atoms with Crippen LogP contribution >= 0.6 is 20.2 Å². The van der Waals surface area contributed by atoms with Crippen molar-refractivity contribution < 1.29 is 37.9 Å². The summed E-state index contributed by atoms with van der Waals surface area (Å²) in [6.07, 6.45) is 0. The zero-order valence-electron chi connectivity index (χ0n) is 14.9. The van der Waals surface area contributed by atoms with Gasteiger partial charge in [0.1, 0.15) is 17.2 Å². The van der Waals surface area contributed by atoms with Gasteiger partial charge in [0, 0.05) is 11.4 Å². The average Bonchev–Trinajstić information content (AvgIpc) is 2.57. The fraction of sp³-hybridized carbons (Fsp3) is 0.278. The van der Waals surface area contributed by atoms with Crippen molar-refractivity contribution in [3.63, 3.8) is 0 Å².